The smallest absolute Gasteiger partial charge is 0.457 e. The van der Waals surface area contributed by atoms with E-state index in [1.165, 1.54) is 42.7 Å². The zero-order chi connectivity index (χ0) is 23.6. The quantitative estimate of drug-likeness (QED) is 0.550. The van der Waals surface area contributed by atoms with Gasteiger partial charge in [0.15, 0.2) is 15.6 Å². The number of ether oxygens (including phenoxy) is 4. The van der Waals surface area contributed by atoms with Gasteiger partial charge >= 0.3 is 6.36 Å². The fourth-order valence-electron chi connectivity index (χ4n) is 2.74. The third-order valence-electron chi connectivity index (χ3n) is 4.18. The van der Waals surface area contributed by atoms with Crippen molar-refractivity contribution in [2.24, 2.45) is 0 Å². The summed E-state index contributed by atoms with van der Waals surface area (Å²) in [5.41, 5.74) is 1.91. The molecule has 2 aromatic rings. The highest BCUT2D eigenvalue weighted by molar-refractivity contribution is 7.91. The van der Waals surface area contributed by atoms with Crippen LogP contribution in [0.4, 0.5) is 13.2 Å². The molecule has 1 heterocycles. The van der Waals surface area contributed by atoms with E-state index in [1.54, 1.807) is 13.8 Å². The molecule has 0 radical (unpaired) electrons. The molecule has 32 heavy (non-hydrogen) atoms. The lowest BCUT2D eigenvalue weighted by atomic mass is 10.3. The summed E-state index contributed by atoms with van der Waals surface area (Å²) in [5.74, 6) is -1.23. The fourth-order valence-corrected chi connectivity index (χ4v) is 4.17. The van der Waals surface area contributed by atoms with Gasteiger partial charge in [-0.25, -0.2) is 8.42 Å². The first-order chi connectivity index (χ1) is 14.9. The second-order valence-corrected chi connectivity index (χ2v) is 9.23. The van der Waals surface area contributed by atoms with Crippen molar-refractivity contribution >= 4 is 9.84 Å². The van der Waals surface area contributed by atoms with Crippen LogP contribution < -0.4 is 15.0 Å². The van der Waals surface area contributed by atoms with Crippen molar-refractivity contribution in [2.75, 3.05) is 5.75 Å². The maximum Gasteiger partial charge on any atom is 0.573 e. The molecule has 0 aliphatic carbocycles. The lowest BCUT2D eigenvalue weighted by Gasteiger charge is -2.21. The van der Waals surface area contributed by atoms with Gasteiger partial charge in [0, 0.05) is 13.8 Å². The van der Waals surface area contributed by atoms with E-state index < -0.39 is 39.5 Å². The second-order valence-electron chi connectivity index (χ2n) is 7.20. The van der Waals surface area contributed by atoms with E-state index in [2.05, 4.69) is 4.74 Å². The molecule has 2 aromatic carbocycles. The molecule has 1 aliphatic rings. The molecular weight excluding hydrogens is 455 g/mol. The van der Waals surface area contributed by atoms with E-state index in [4.69, 9.17) is 14.2 Å². The summed E-state index contributed by atoms with van der Waals surface area (Å²) >= 11 is 0. The van der Waals surface area contributed by atoms with E-state index >= 15 is 0 Å². The molecule has 0 fully saturated rings. The van der Waals surface area contributed by atoms with Crippen LogP contribution in [0, 0.1) is 0 Å². The zero-order valence-electron chi connectivity index (χ0n) is 16.9. The highest BCUT2D eigenvalue weighted by atomic mass is 32.2. The number of alkyl halides is 3. The Morgan fingerprint density at radius 3 is 2.03 bits per heavy atom. The van der Waals surface area contributed by atoms with Crippen LogP contribution in [-0.2, 0) is 19.3 Å². The van der Waals surface area contributed by atoms with Crippen LogP contribution in [0.15, 0.2) is 65.4 Å². The number of rotatable bonds is 8. The third-order valence-corrected chi connectivity index (χ3v) is 5.95. The number of benzene rings is 2. The minimum absolute atomic E-state index is 0.0298. The van der Waals surface area contributed by atoms with Crippen LogP contribution in [0.25, 0.3) is 0 Å². The van der Waals surface area contributed by atoms with Crippen LogP contribution in [-0.4, -0.2) is 37.6 Å². The Labute approximate surface area is 182 Å². The Hall–Kier alpha value is -2.96. The maximum atomic E-state index is 12.7. The van der Waals surface area contributed by atoms with Gasteiger partial charge in [0.1, 0.15) is 29.6 Å². The first-order valence-corrected chi connectivity index (χ1v) is 10.9. The molecule has 0 aromatic heterocycles. The van der Waals surface area contributed by atoms with Gasteiger partial charge < -0.3 is 24.2 Å². The SMILES string of the molecule is CC1(C)OC=C([C@@H](CS(=O)(=O)c2ccc(Oc3ccc(OC(F)(F)F)cc3)cc2)NO)O1. The predicted molar refractivity (Wildman–Crippen MR) is 105 cm³/mol. The molecule has 0 amide bonds. The van der Waals surface area contributed by atoms with Crippen LogP contribution in [0.2, 0.25) is 0 Å². The van der Waals surface area contributed by atoms with Crippen LogP contribution in [0.3, 0.4) is 0 Å². The zero-order valence-corrected chi connectivity index (χ0v) is 17.7. The maximum absolute atomic E-state index is 12.7. The van der Waals surface area contributed by atoms with E-state index in [0.717, 1.165) is 12.1 Å². The van der Waals surface area contributed by atoms with Gasteiger partial charge in [0.05, 0.1) is 10.6 Å². The molecule has 2 N–H and O–H groups in total. The van der Waals surface area contributed by atoms with Gasteiger partial charge in [0.2, 0.25) is 5.79 Å². The van der Waals surface area contributed by atoms with Crippen molar-refractivity contribution in [3.8, 4) is 17.2 Å². The molecule has 12 heteroatoms. The Balaban J connectivity index is 1.65. The average Bonchev–Trinajstić information content (AvgIpc) is 3.06. The summed E-state index contributed by atoms with van der Waals surface area (Å²) in [6, 6.07) is 9.11. The van der Waals surface area contributed by atoms with Gasteiger partial charge in [-0.2, -0.15) is 5.48 Å². The largest absolute Gasteiger partial charge is 0.573 e. The van der Waals surface area contributed by atoms with Crippen LogP contribution in [0.5, 0.6) is 17.2 Å². The predicted octanol–water partition coefficient (Wildman–Crippen LogP) is 4.12. The molecular formula is C20H20F3NO7S. The van der Waals surface area contributed by atoms with Crippen molar-refractivity contribution in [3.05, 3.63) is 60.6 Å². The number of hydroxylamine groups is 1. The first kappa shape index (κ1) is 23.7. The monoisotopic (exact) mass is 475 g/mol. The topological polar surface area (TPSA) is 103 Å². The third kappa shape index (κ3) is 6.28. The van der Waals surface area contributed by atoms with Crippen molar-refractivity contribution in [1.29, 1.82) is 0 Å². The molecule has 1 atom stereocenters. The summed E-state index contributed by atoms with van der Waals surface area (Å²) in [6.07, 6.45) is -3.55. The minimum Gasteiger partial charge on any atom is -0.457 e. The number of hydrogen-bond acceptors (Lipinski definition) is 8. The van der Waals surface area contributed by atoms with E-state index in [-0.39, 0.29) is 22.2 Å². The van der Waals surface area contributed by atoms with Gasteiger partial charge in [-0.15, -0.1) is 13.2 Å². The Bertz CT molecular complexity index is 1070. The summed E-state index contributed by atoms with van der Waals surface area (Å²) < 4.78 is 82.1. The van der Waals surface area contributed by atoms with E-state index in [1.807, 2.05) is 5.48 Å². The highest BCUT2D eigenvalue weighted by Gasteiger charge is 2.34. The Morgan fingerprint density at radius 2 is 1.56 bits per heavy atom. The molecule has 0 unspecified atom stereocenters. The summed E-state index contributed by atoms with van der Waals surface area (Å²) in [7, 11) is -3.84. The lowest BCUT2D eigenvalue weighted by Crippen LogP contribution is -2.37. The normalized spacial score (nSPS) is 16.5. The number of halogens is 3. The summed E-state index contributed by atoms with van der Waals surface area (Å²) in [4.78, 5) is -0.0298. The van der Waals surface area contributed by atoms with Crippen LogP contribution >= 0.6 is 0 Å². The summed E-state index contributed by atoms with van der Waals surface area (Å²) in [5, 5.41) is 9.37. The number of hydrogen-bond donors (Lipinski definition) is 2. The minimum atomic E-state index is -4.79. The number of nitrogens with one attached hydrogen (secondary N) is 1. The van der Waals surface area contributed by atoms with Gasteiger partial charge in [-0.1, -0.05) is 0 Å². The molecule has 174 valence electrons. The Kier molecular flexibility index (Phi) is 6.58. The van der Waals surface area contributed by atoms with Crippen LogP contribution in [0.1, 0.15) is 13.8 Å². The van der Waals surface area contributed by atoms with Gasteiger partial charge in [-0.3, -0.25) is 0 Å². The van der Waals surface area contributed by atoms with Gasteiger partial charge in [0.25, 0.3) is 0 Å². The highest BCUT2D eigenvalue weighted by Crippen LogP contribution is 2.30. The average molecular weight is 475 g/mol. The van der Waals surface area contributed by atoms with Crippen molar-refractivity contribution in [2.45, 2.75) is 36.9 Å². The first-order valence-electron chi connectivity index (χ1n) is 9.20. The second kappa shape index (κ2) is 8.88. The molecule has 0 spiro atoms. The molecule has 0 bridgehead atoms. The number of sulfone groups is 1. The molecule has 1 aliphatic heterocycles. The van der Waals surface area contributed by atoms with Crippen molar-refractivity contribution < 1.29 is 45.7 Å². The van der Waals surface area contributed by atoms with E-state index in [0.29, 0.717) is 0 Å². The fraction of sp³-hybridized carbons (Fsp3) is 0.300. The Morgan fingerprint density at radius 1 is 1.03 bits per heavy atom. The summed E-state index contributed by atoms with van der Waals surface area (Å²) in [6.45, 7) is 3.27. The molecule has 3 rings (SSSR count). The molecule has 0 saturated heterocycles. The van der Waals surface area contributed by atoms with Crippen molar-refractivity contribution in [1.82, 2.24) is 5.48 Å². The molecule has 0 saturated carbocycles. The van der Waals surface area contributed by atoms with Gasteiger partial charge in [-0.05, 0) is 48.5 Å². The molecule has 8 nitrogen and oxygen atoms in total. The van der Waals surface area contributed by atoms with Crippen molar-refractivity contribution in [3.63, 3.8) is 0 Å². The standard InChI is InChI=1S/C20H20F3NO7S/c1-19(2)28-11-18(31-19)17(24-25)12-32(26,27)16-9-7-14(8-10-16)29-13-3-5-15(6-4-13)30-20(21,22)23/h3-11,17,24-25H,12H2,1-2H3/t17-/m1/s1. The van der Waals surface area contributed by atoms with E-state index in [9.17, 15) is 26.8 Å². The lowest BCUT2D eigenvalue weighted by molar-refractivity contribution is -0.274.